The largest absolute Gasteiger partial charge is 0.376 e. The molecule has 0 bridgehead atoms. The number of hydrogen-bond acceptors (Lipinski definition) is 4. The highest BCUT2D eigenvalue weighted by Gasteiger charge is 2.20. The van der Waals surface area contributed by atoms with Crippen molar-refractivity contribution < 1.29 is 9.53 Å². The van der Waals surface area contributed by atoms with Gasteiger partial charge in [0.1, 0.15) is 0 Å². The molecule has 0 saturated carbocycles. The maximum Gasteiger partial charge on any atom is 0.223 e. The molecule has 6 heteroatoms. The molecule has 0 spiro atoms. The van der Waals surface area contributed by atoms with Crippen molar-refractivity contribution in [3.05, 3.63) is 0 Å². The zero-order valence-electron chi connectivity index (χ0n) is 11.1. The highest BCUT2D eigenvalue weighted by atomic mass is 35.5. The van der Waals surface area contributed by atoms with E-state index in [4.69, 9.17) is 4.74 Å². The molecule has 2 heterocycles. The summed E-state index contributed by atoms with van der Waals surface area (Å²) in [5.41, 5.74) is 0. The number of nitrogens with zero attached hydrogens (tertiary/aromatic N) is 2. The zero-order valence-corrected chi connectivity index (χ0v) is 11.9. The van der Waals surface area contributed by atoms with Crippen LogP contribution in [0.5, 0.6) is 0 Å². The molecule has 18 heavy (non-hydrogen) atoms. The molecule has 2 aliphatic rings. The van der Waals surface area contributed by atoms with E-state index < -0.39 is 0 Å². The normalized spacial score (nSPS) is 25.6. The fourth-order valence-corrected chi connectivity index (χ4v) is 2.42. The Morgan fingerprint density at radius 2 is 2.06 bits per heavy atom. The summed E-state index contributed by atoms with van der Waals surface area (Å²) in [7, 11) is 0. The third kappa shape index (κ3) is 4.72. The number of rotatable bonds is 3. The van der Waals surface area contributed by atoms with Crippen LogP contribution in [0.15, 0.2) is 0 Å². The van der Waals surface area contributed by atoms with Crippen molar-refractivity contribution in [2.45, 2.75) is 19.4 Å². The second kappa shape index (κ2) is 7.94. The highest BCUT2D eigenvalue weighted by molar-refractivity contribution is 5.85. The molecule has 2 fully saturated rings. The quantitative estimate of drug-likeness (QED) is 0.786. The fourth-order valence-electron chi connectivity index (χ4n) is 2.42. The van der Waals surface area contributed by atoms with Crippen molar-refractivity contribution in [1.29, 1.82) is 0 Å². The molecule has 0 aromatic heterocycles. The van der Waals surface area contributed by atoms with Crippen LogP contribution >= 0.6 is 12.4 Å². The summed E-state index contributed by atoms with van der Waals surface area (Å²) in [5, 5.41) is 3.26. The molecule has 5 nitrogen and oxygen atoms in total. The molecule has 0 aliphatic carbocycles. The topological polar surface area (TPSA) is 44.8 Å². The lowest BCUT2D eigenvalue weighted by atomic mass is 10.2. The van der Waals surface area contributed by atoms with Crippen molar-refractivity contribution >= 4 is 18.3 Å². The highest BCUT2D eigenvalue weighted by Crippen LogP contribution is 2.06. The molecule has 0 radical (unpaired) electrons. The van der Waals surface area contributed by atoms with E-state index in [1.54, 1.807) is 0 Å². The maximum absolute atomic E-state index is 12.0. The van der Waals surface area contributed by atoms with Gasteiger partial charge in [0.05, 0.1) is 12.7 Å². The van der Waals surface area contributed by atoms with Gasteiger partial charge in [0, 0.05) is 52.2 Å². The number of carbonyl (C=O) groups is 1. The molecule has 1 amide bonds. The van der Waals surface area contributed by atoms with Crippen molar-refractivity contribution in [3.8, 4) is 0 Å². The molecular formula is C12H24ClN3O2. The van der Waals surface area contributed by atoms with Gasteiger partial charge < -0.3 is 15.0 Å². The molecule has 1 N–H and O–H groups in total. The average Bonchev–Trinajstić information content (AvgIpc) is 2.37. The van der Waals surface area contributed by atoms with Gasteiger partial charge in [0.25, 0.3) is 0 Å². The Bertz CT molecular complexity index is 260. The summed E-state index contributed by atoms with van der Waals surface area (Å²) in [5.74, 6) is 0.297. The molecule has 1 unspecified atom stereocenters. The van der Waals surface area contributed by atoms with Crippen LogP contribution in [0.3, 0.4) is 0 Å². The van der Waals surface area contributed by atoms with Crippen LogP contribution in [0.25, 0.3) is 0 Å². The summed E-state index contributed by atoms with van der Waals surface area (Å²) in [4.78, 5) is 16.3. The molecule has 0 aromatic carbocycles. The van der Waals surface area contributed by atoms with E-state index in [0.29, 0.717) is 18.4 Å². The van der Waals surface area contributed by atoms with Gasteiger partial charge in [-0.3, -0.25) is 9.69 Å². The van der Waals surface area contributed by atoms with Gasteiger partial charge >= 0.3 is 0 Å². The summed E-state index contributed by atoms with van der Waals surface area (Å²) >= 11 is 0. The lowest BCUT2D eigenvalue weighted by Gasteiger charge is -2.32. The van der Waals surface area contributed by atoms with Crippen molar-refractivity contribution in [2.24, 2.45) is 0 Å². The van der Waals surface area contributed by atoms with Crippen LogP contribution in [-0.2, 0) is 9.53 Å². The number of nitrogens with one attached hydrogen (secondary N) is 1. The summed E-state index contributed by atoms with van der Waals surface area (Å²) in [6.45, 7) is 9.25. The predicted octanol–water partition coefficient (Wildman–Crippen LogP) is -0.0492. The number of halogens is 1. The Kier molecular flexibility index (Phi) is 6.92. The second-order valence-electron chi connectivity index (χ2n) is 4.86. The van der Waals surface area contributed by atoms with Crippen molar-refractivity contribution in [2.75, 3.05) is 52.4 Å². The molecule has 0 aromatic rings. The first-order chi connectivity index (χ1) is 8.25. The van der Waals surface area contributed by atoms with Crippen LogP contribution in [0, 0.1) is 0 Å². The summed E-state index contributed by atoms with van der Waals surface area (Å²) < 4.78 is 5.49. The SMILES string of the molecule is CC1CN(CCC(=O)N2CCNCC2)CCO1.Cl. The van der Waals surface area contributed by atoms with Gasteiger partial charge in [-0.05, 0) is 6.92 Å². The first kappa shape index (κ1) is 15.7. The van der Waals surface area contributed by atoms with Gasteiger partial charge in [-0.1, -0.05) is 0 Å². The van der Waals surface area contributed by atoms with E-state index in [-0.39, 0.29) is 12.4 Å². The molecule has 2 saturated heterocycles. The Hall–Kier alpha value is -0.360. The van der Waals surface area contributed by atoms with E-state index in [9.17, 15) is 4.79 Å². The third-order valence-corrected chi connectivity index (χ3v) is 3.44. The van der Waals surface area contributed by atoms with Gasteiger partial charge in [0.2, 0.25) is 5.91 Å². The zero-order chi connectivity index (χ0) is 12.1. The fraction of sp³-hybridized carbons (Fsp3) is 0.917. The van der Waals surface area contributed by atoms with Gasteiger partial charge in [-0.2, -0.15) is 0 Å². The number of morpholine rings is 1. The number of hydrogen-bond donors (Lipinski definition) is 1. The van der Waals surface area contributed by atoms with Gasteiger partial charge in [-0.25, -0.2) is 0 Å². The van der Waals surface area contributed by atoms with E-state index >= 15 is 0 Å². The molecule has 2 rings (SSSR count). The monoisotopic (exact) mass is 277 g/mol. The van der Waals surface area contributed by atoms with Gasteiger partial charge in [0.15, 0.2) is 0 Å². The van der Waals surface area contributed by atoms with E-state index in [1.807, 2.05) is 4.90 Å². The smallest absolute Gasteiger partial charge is 0.223 e. The molecule has 106 valence electrons. The van der Waals surface area contributed by atoms with E-state index in [2.05, 4.69) is 17.1 Å². The van der Waals surface area contributed by atoms with Crippen LogP contribution in [0.4, 0.5) is 0 Å². The van der Waals surface area contributed by atoms with Crippen molar-refractivity contribution in [1.82, 2.24) is 15.1 Å². The molecular weight excluding hydrogens is 254 g/mol. The number of piperazine rings is 1. The summed E-state index contributed by atoms with van der Waals surface area (Å²) in [6, 6.07) is 0. The molecule has 2 aliphatic heterocycles. The third-order valence-electron chi connectivity index (χ3n) is 3.44. The first-order valence-electron chi connectivity index (χ1n) is 6.58. The van der Waals surface area contributed by atoms with Gasteiger partial charge in [-0.15, -0.1) is 12.4 Å². The minimum Gasteiger partial charge on any atom is -0.376 e. The minimum atomic E-state index is 0. The van der Waals surface area contributed by atoms with E-state index in [1.165, 1.54) is 0 Å². The first-order valence-corrected chi connectivity index (χ1v) is 6.58. The Balaban J connectivity index is 0.00000162. The Labute approximate surface area is 115 Å². The van der Waals surface area contributed by atoms with Crippen molar-refractivity contribution in [3.63, 3.8) is 0 Å². The lowest BCUT2D eigenvalue weighted by molar-refractivity contribution is -0.132. The van der Waals surface area contributed by atoms with Crippen LogP contribution in [-0.4, -0.2) is 74.2 Å². The molecule has 1 atom stereocenters. The number of amides is 1. The number of ether oxygens (including phenoxy) is 1. The maximum atomic E-state index is 12.0. The Morgan fingerprint density at radius 3 is 2.72 bits per heavy atom. The van der Waals surface area contributed by atoms with Crippen LogP contribution in [0.2, 0.25) is 0 Å². The summed E-state index contributed by atoms with van der Waals surface area (Å²) in [6.07, 6.45) is 0.949. The van der Waals surface area contributed by atoms with Crippen LogP contribution < -0.4 is 5.32 Å². The number of carbonyl (C=O) groups excluding carboxylic acids is 1. The Morgan fingerprint density at radius 1 is 1.33 bits per heavy atom. The standard InChI is InChI=1S/C12H23N3O2.ClH/c1-11-10-14(8-9-17-11)5-2-12(16)15-6-3-13-4-7-15;/h11,13H,2-10H2,1H3;1H. The minimum absolute atomic E-state index is 0. The lowest BCUT2D eigenvalue weighted by Crippen LogP contribution is -2.48. The average molecular weight is 278 g/mol. The van der Waals surface area contributed by atoms with E-state index in [0.717, 1.165) is 52.4 Å². The predicted molar refractivity (Wildman–Crippen MR) is 73.2 cm³/mol. The van der Waals surface area contributed by atoms with Crippen LogP contribution in [0.1, 0.15) is 13.3 Å². The second-order valence-corrected chi connectivity index (χ2v) is 4.86.